The molecular weight excluding hydrogens is 319 g/mol. The monoisotopic (exact) mass is 340 g/mol. The molecule has 0 aliphatic carbocycles. The van der Waals surface area contributed by atoms with Gasteiger partial charge < -0.3 is 15.1 Å². The molecule has 0 bridgehead atoms. The van der Waals surface area contributed by atoms with E-state index in [2.05, 4.69) is 22.1 Å². The van der Waals surface area contributed by atoms with Crippen molar-refractivity contribution in [3.8, 4) is 0 Å². The number of halogens is 2. The van der Waals surface area contributed by atoms with Crippen molar-refractivity contribution in [2.75, 3.05) is 44.7 Å². The molecule has 1 aliphatic heterocycles. The molecule has 2 heterocycles. The van der Waals surface area contributed by atoms with Crippen molar-refractivity contribution in [2.24, 2.45) is 0 Å². The highest BCUT2D eigenvalue weighted by atomic mass is 35.5. The molecule has 0 aromatic carbocycles. The molecule has 0 radical (unpaired) electrons. The topological polar surface area (TPSA) is 48.5 Å². The first-order valence-electron chi connectivity index (χ1n) is 6.30. The van der Waals surface area contributed by atoms with Gasteiger partial charge >= 0.3 is 0 Å². The van der Waals surface area contributed by atoms with E-state index >= 15 is 0 Å². The first-order valence-corrected chi connectivity index (χ1v) is 7.12. The van der Waals surface area contributed by atoms with Gasteiger partial charge in [0.2, 0.25) is 5.91 Å². The Morgan fingerprint density at radius 3 is 2.50 bits per heavy atom. The Morgan fingerprint density at radius 1 is 1.35 bits per heavy atom. The van der Waals surface area contributed by atoms with Crippen LogP contribution in [0.3, 0.4) is 0 Å². The van der Waals surface area contributed by atoms with E-state index < -0.39 is 0 Å². The van der Waals surface area contributed by atoms with Crippen LogP contribution in [0.25, 0.3) is 0 Å². The molecule has 1 amide bonds. The van der Waals surface area contributed by atoms with Gasteiger partial charge in [0.25, 0.3) is 0 Å². The number of carbonyl (C=O) groups is 1. The minimum Gasteiger partial charge on any atom is -0.345 e. The second-order valence-corrected chi connectivity index (χ2v) is 5.69. The van der Waals surface area contributed by atoms with Gasteiger partial charge in [0, 0.05) is 50.2 Å². The lowest BCUT2D eigenvalue weighted by molar-refractivity contribution is -0.131. The number of anilines is 1. The number of thiazole rings is 1. The summed E-state index contributed by atoms with van der Waals surface area (Å²) in [7, 11) is 1.87. The molecule has 5 nitrogen and oxygen atoms in total. The summed E-state index contributed by atoms with van der Waals surface area (Å²) in [5.74, 6) is 0.249. The lowest BCUT2D eigenvalue weighted by atomic mass is 10.3. The van der Waals surface area contributed by atoms with Crippen LogP contribution in [-0.2, 0) is 4.79 Å². The normalized spacial score (nSPS) is 14.5. The van der Waals surface area contributed by atoms with Crippen LogP contribution < -0.4 is 10.2 Å². The minimum absolute atomic E-state index is 0. The molecule has 0 atom stereocenters. The Kier molecular flexibility index (Phi) is 9.13. The number of rotatable bonds is 4. The van der Waals surface area contributed by atoms with Gasteiger partial charge in [-0.1, -0.05) is 0 Å². The summed E-state index contributed by atoms with van der Waals surface area (Å²) in [5.41, 5.74) is 0. The van der Waals surface area contributed by atoms with E-state index in [0.717, 1.165) is 37.9 Å². The Bertz CT molecular complexity index is 408. The molecule has 0 unspecified atom stereocenters. The van der Waals surface area contributed by atoms with Crippen molar-refractivity contribution in [1.82, 2.24) is 15.2 Å². The largest absolute Gasteiger partial charge is 0.345 e. The van der Waals surface area contributed by atoms with Gasteiger partial charge in [-0.2, -0.15) is 0 Å². The second kappa shape index (κ2) is 9.39. The average molecular weight is 341 g/mol. The van der Waals surface area contributed by atoms with Crippen molar-refractivity contribution >= 4 is 47.2 Å². The van der Waals surface area contributed by atoms with Gasteiger partial charge in [-0.15, -0.1) is 36.2 Å². The maximum absolute atomic E-state index is 11.9. The number of hydrogen-bond donors (Lipinski definition) is 1. The van der Waals surface area contributed by atoms with Gasteiger partial charge in [0.15, 0.2) is 5.13 Å². The maximum Gasteiger partial charge on any atom is 0.223 e. The Morgan fingerprint density at radius 2 is 2.00 bits per heavy atom. The summed E-state index contributed by atoms with van der Waals surface area (Å²) in [6.45, 7) is 6.21. The van der Waals surface area contributed by atoms with Crippen LogP contribution in [0.15, 0.2) is 6.20 Å². The van der Waals surface area contributed by atoms with Crippen LogP contribution in [0, 0.1) is 6.92 Å². The van der Waals surface area contributed by atoms with Crippen molar-refractivity contribution in [3.63, 3.8) is 0 Å². The zero-order chi connectivity index (χ0) is 13.0. The first-order chi connectivity index (χ1) is 8.70. The molecule has 1 aliphatic rings. The lowest BCUT2D eigenvalue weighted by Crippen LogP contribution is -2.49. The molecule has 2 rings (SSSR count). The molecule has 20 heavy (non-hydrogen) atoms. The van der Waals surface area contributed by atoms with Gasteiger partial charge in [0.05, 0.1) is 0 Å². The van der Waals surface area contributed by atoms with E-state index in [1.54, 1.807) is 11.3 Å². The van der Waals surface area contributed by atoms with Gasteiger partial charge in [-0.3, -0.25) is 4.79 Å². The fourth-order valence-electron chi connectivity index (χ4n) is 2.03. The number of aromatic nitrogens is 1. The SMILES string of the molecule is CNCCC(=O)N1CCN(c2ncc(C)s2)CC1.Cl.Cl. The quantitative estimate of drug-likeness (QED) is 0.903. The highest BCUT2D eigenvalue weighted by Gasteiger charge is 2.21. The number of aryl methyl sites for hydroxylation is 1. The van der Waals surface area contributed by atoms with Gasteiger partial charge in [-0.25, -0.2) is 4.98 Å². The fourth-order valence-corrected chi connectivity index (χ4v) is 2.84. The average Bonchev–Trinajstić information content (AvgIpc) is 2.83. The van der Waals surface area contributed by atoms with E-state index in [-0.39, 0.29) is 30.7 Å². The molecule has 0 saturated carbocycles. The molecule has 1 N–H and O–H groups in total. The van der Waals surface area contributed by atoms with Crippen molar-refractivity contribution in [2.45, 2.75) is 13.3 Å². The van der Waals surface area contributed by atoms with Crippen molar-refractivity contribution in [1.29, 1.82) is 0 Å². The third kappa shape index (κ3) is 5.09. The Hall–Kier alpha value is -0.560. The summed E-state index contributed by atoms with van der Waals surface area (Å²) in [6, 6.07) is 0. The molecule has 116 valence electrons. The van der Waals surface area contributed by atoms with Crippen LogP contribution in [-0.4, -0.2) is 55.6 Å². The zero-order valence-electron chi connectivity index (χ0n) is 11.8. The van der Waals surface area contributed by atoms with Crippen LogP contribution in [0.4, 0.5) is 5.13 Å². The van der Waals surface area contributed by atoms with Crippen LogP contribution in [0.2, 0.25) is 0 Å². The highest BCUT2D eigenvalue weighted by Crippen LogP contribution is 2.22. The van der Waals surface area contributed by atoms with Crippen LogP contribution in [0.5, 0.6) is 0 Å². The predicted molar refractivity (Wildman–Crippen MR) is 88.7 cm³/mol. The summed E-state index contributed by atoms with van der Waals surface area (Å²) in [5, 5.41) is 4.09. The predicted octanol–water partition coefficient (Wildman–Crippen LogP) is 1.55. The molecule has 1 aromatic rings. The number of carbonyl (C=O) groups excluding carboxylic acids is 1. The van der Waals surface area contributed by atoms with Gasteiger partial charge in [-0.05, 0) is 14.0 Å². The van der Waals surface area contributed by atoms with Crippen molar-refractivity contribution in [3.05, 3.63) is 11.1 Å². The lowest BCUT2D eigenvalue weighted by Gasteiger charge is -2.34. The number of nitrogens with one attached hydrogen (secondary N) is 1. The molecule has 8 heteroatoms. The summed E-state index contributed by atoms with van der Waals surface area (Å²) in [6.07, 6.45) is 2.50. The standard InChI is InChI=1S/C12H20N4OS.2ClH/c1-10-9-14-12(18-10)16-7-5-15(6-8-16)11(17)3-4-13-2;;/h9,13H,3-8H2,1-2H3;2*1H. The molecule has 1 aromatic heterocycles. The highest BCUT2D eigenvalue weighted by molar-refractivity contribution is 7.15. The summed E-state index contributed by atoms with van der Waals surface area (Å²) in [4.78, 5) is 21.7. The maximum atomic E-state index is 11.9. The smallest absolute Gasteiger partial charge is 0.223 e. The number of piperazine rings is 1. The molecule has 0 spiro atoms. The van der Waals surface area contributed by atoms with Crippen molar-refractivity contribution < 1.29 is 4.79 Å². The second-order valence-electron chi connectivity index (χ2n) is 4.47. The van der Waals surface area contributed by atoms with E-state index in [4.69, 9.17) is 0 Å². The van der Waals surface area contributed by atoms with E-state index in [9.17, 15) is 4.79 Å². The Labute approximate surface area is 136 Å². The van der Waals surface area contributed by atoms with E-state index in [1.165, 1.54) is 4.88 Å². The first kappa shape index (κ1) is 19.4. The Balaban J connectivity index is 0.00000180. The molecule has 1 saturated heterocycles. The van der Waals surface area contributed by atoms with Gasteiger partial charge in [0.1, 0.15) is 0 Å². The third-order valence-corrected chi connectivity index (χ3v) is 4.07. The molecular formula is C12H22Cl2N4OS. The fraction of sp³-hybridized carbons (Fsp3) is 0.667. The van der Waals surface area contributed by atoms with Crippen LogP contribution in [0.1, 0.15) is 11.3 Å². The summed E-state index contributed by atoms with van der Waals surface area (Å²) >= 11 is 1.72. The number of hydrogen-bond acceptors (Lipinski definition) is 5. The van der Waals surface area contributed by atoms with Crippen LogP contribution >= 0.6 is 36.2 Å². The number of amides is 1. The van der Waals surface area contributed by atoms with E-state index in [1.807, 2.05) is 18.1 Å². The van der Waals surface area contributed by atoms with E-state index in [0.29, 0.717) is 6.42 Å². The minimum atomic E-state index is 0. The molecule has 1 fully saturated rings. The number of nitrogens with zero attached hydrogens (tertiary/aromatic N) is 3. The third-order valence-electron chi connectivity index (χ3n) is 3.10. The zero-order valence-corrected chi connectivity index (χ0v) is 14.2. The summed E-state index contributed by atoms with van der Waals surface area (Å²) < 4.78 is 0.